The van der Waals surface area contributed by atoms with Gasteiger partial charge >= 0.3 is 0 Å². The second kappa shape index (κ2) is 14.5. The lowest BCUT2D eigenvalue weighted by Crippen LogP contribution is -2.32. The largest absolute Gasteiger partial charge is 0.493 e. The molecule has 0 aliphatic carbocycles. The van der Waals surface area contributed by atoms with Gasteiger partial charge in [0, 0.05) is 68.0 Å². The van der Waals surface area contributed by atoms with Gasteiger partial charge in [0.15, 0.2) is 0 Å². The molecule has 0 saturated heterocycles. The quantitative estimate of drug-likeness (QED) is 0.165. The van der Waals surface area contributed by atoms with Crippen molar-refractivity contribution in [3.63, 3.8) is 0 Å². The number of amides is 2. The van der Waals surface area contributed by atoms with Crippen molar-refractivity contribution in [3.8, 4) is 11.5 Å². The van der Waals surface area contributed by atoms with Crippen molar-refractivity contribution >= 4 is 52.5 Å². The minimum atomic E-state index is -0.138. The number of nitrogens with one attached hydrogen (secondary N) is 1. The van der Waals surface area contributed by atoms with Gasteiger partial charge in [-0.2, -0.15) is 0 Å². The molecule has 2 atom stereocenters. The van der Waals surface area contributed by atoms with E-state index in [1.165, 1.54) is 5.56 Å². The van der Waals surface area contributed by atoms with Gasteiger partial charge in [0.25, 0.3) is 11.8 Å². The Morgan fingerprint density at radius 1 is 0.685 bits per heavy atom. The van der Waals surface area contributed by atoms with Gasteiger partial charge in [0.2, 0.25) is 0 Å². The first-order chi connectivity index (χ1) is 26.1. The van der Waals surface area contributed by atoms with Gasteiger partial charge in [-0.05, 0) is 92.3 Å². The van der Waals surface area contributed by atoms with Crippen molar-refractivity contribution in [2.45, 2.75) is 72.0 Å². The van der Waals surface area contributed by atoms with E-state index >= 15 is 0 Å². The first-order valence-corrected chi connectivity index (χ1v) is 18.8. The van der Waals surface area contributed by atoms with Crippen LogP contribution in [0.5, 0.6) is 11.5 Å². The summed E-state index contributed by atoms with van der Waals surface area (Å²) >= 11 is 0. The van der Waals surface area contributed by atoms with Crippen molar-refractivity contribution in [1.29, 1.82) is 0 Å². The minimum absolute atomic E-state index is 0.0536. The molecule has 0 fully saturated rings. The zero-order valence-electron chi connectivity index (χ0n) is 31.4. The summed E-state index contributed by atoms with van der Waals surface area (Å²) in [5.41, 5.74) is 10.9. The normalized spacial score (nSPS) is 18.4. The second-order valence-electron chi connectivity index (χ2n) is 14.9. The number of fused-ring (bicyclic) bond motifs is 4. The molecule has 1 N–H and O–H groups in total. The molecular weight excluding hydrogens is 675 g/mol. The Labute approximate surface area is 316 Å². The molecular formula is C45H45N5O4. The van der Waals surface area contributed by atoms with Crippen molar-refractivity contribution in [2.24, 2.45) is 9.98 Å². The summed E-state index contributed by atoms with van der Waals surface area (Å²) in [5.74, 6) is 1.28. The maximum absolute atomic E-state index is 13.8. The maximum atomic E-state index is 13.8. The number of ether oxygens (including phenoxy) is 2. The Morgan fingerprint density at radius 2 is 1.15 bits per heavy atom. The average molecular weight is 720 g/mol. The minimum Gasteiger partial charge on any atom is -0.493 e. The molecule has 4 aliphatic rings. The number of anilines is 1. The van der Waals surface area contributed by atoms with Crippen LogP contribution in [-0.4, -0.2) is 65.4 Å². The molecule has 4 aromatic carbocycles. The first kappa shape index (κ1) is 35.1. The molecule has 4 heterocycles. The van der Waals surface area contributed by atoms with E-state index in [-0.39, 0.29) is 23.9 Å². The van der Waals surface area contributed by atoms with Crippen LogP contribution in [0.2, 0.25) is 0 Å². The molecule has 9 nitrogen and oxygen atoms in total. The number of hydrogen-bond acceptors (Lipinski definition) is 7. The van der Waals surface area contributed by atoms with E-state index in [9.17, 15) is 9.59 Å². The Bertz CT molecular complexity index is 2250. The molecule has 0 saturated carbocycles. The lowest BCUT2D eigenvalue weighted by molar-refractivity contribution is 0.0809. The van der Waals surface area contributed by atoms with Crippen molar-refractivity contribution in [1.82, 2.24) is 9.80 Å². The van der Waals surface area contributed by atoms with E-state index in [1.54, 1.807) is 9.80 Å². The molecule has 2 amide bonds. The van der Waals surface area contributed by atoms with Gasteiger partial charge in [0.1, 0.15) is 11.5 Å². The Balaban J connectivity index is 0.875. The molecule has 54 heavy (non-hydrogen) atoms. The second-order valence-corrected chi connectivity index (χ2v) is 14.9. The fourth-order valence-corrected chi connectivity index (χ4v) is 7.47. The van der Waals surface area contributed by atoms with E-state index < -0.39 is 0 Å². The number of hydrogen-bond donors (Lipinski definition) is 1. The Morgan fingerprint density at radius 3 is 1.61 bits per heavy atom. The zero-order valence-corrected chi connectivity index (χ0v) is 31.4. The summed E-state index contributed by atoms with van der Waals surface area (Å²) in [6.07, 6.45) is 9.76. The monoisotopic (exact) mass is 719 g/mol. The van der Waals surface area contributed by atoms with E-state index in [0.29, 0.717) is 66.1 Å². The highest BCUT2D eigenvalue weighted by molar-refractivity contribution is 6.06. The summed E-state index contributed by atoms with van der Waals surface area (Å²) in [5, 5.41) is 3.42. The lowest BCUT2D eigenvalue weighted by atomic mass is 10.0. The van der Waals surface area contributed by atoms with Crippen LogP contribution in [0.1, 0.15) is 81.6 Å². The predicted molar refractivity (Wildman–Crippen MR) is 216 cm³/mol. The topological polar surface area (TPSA) is 95.8 Å². The van der Waals surface area contributed by atoms with Crippen LogP contribution in [0.3, 0.4) is 0 Å². The summed E-state index contributed by atoms with van der Waals surface area (Å²) in [6, 6.07) is 24.4. The highest BCUT2D eigenvalue weighted by atomic mass is 16.5. The van der Waals surface area contributed by atoms with E-state index in [0.717, 1.165) is 45.5 Å². The molecule has 4 aliphatic heterocycles. The summed E-state index contributed by atoms with van der Waals surface area (Å²) < 4.78 is 12.4. The molecule has 0 radical (unpaired) electrons. The van der Waals surface area contributed by atoms with E-state index in [1.807, 2.05) is 62.9 Å². The molecule has 0 spiro atoms. The Hall–Kier alpha value is -5.96. The third-order valence-electron chi connectivity index (χ3n) is 10.4. The van der Waals surface area contributed by atoms with Gasteiger partial charge in [-0.25, -0.2) is 0 Å². The lowest BCUT2D eigenvalue weighted by Gasteiger charge is -2.19. The highest BCUT2D eigenvalue weighted by Crippen LogP contribution is 2.39. The van der Waals surface area contributed by atoms with Gasteiger partial charge in [0.05, 0.1) is 47.8 Å². The van der Waals surface area contributed by atoms with Crippen LogP contribution >= 0.6 is 0 Å². The molecule has 0 aromatic heterocycles. The zero-order chi connectivity index (χ0) is 37.5. The van der Waals surface area contributed by atoms with Gasteiger partial charge < -0.3 is 24.6 Å². The molecule has 274 valence electrons. The predicted octanol–water partition coefficient (Wildman–Crippen LogP) is 9.22. The first-order valence-electron chi connectivity index (χ1n) is 18.8. The fraction of sp³-hybridized carbons (Fsp3) is 0.289. The molecule has 4 aromatic rings. The smallest absolute Gasteiger partial charge is 0.260 e. The third kappa shape index (κ3) is 6.94. The van der Waals surface area contributed by atoms with E-state index in [4.69, 9.17) is 19.5 Å². The fourth-order valence-electron chi connectivity index (χ4n) is 7.47. The maximum Gasteiger partial charge on any atom is 0.260 e. The summed E-state index contributed by atoms with van der Waals surface area (Å²) in [4.78, 5) is 40.5. The molecule has 8 rings (SSSR count). The molecule has 9 heteroatoms. The van der Waals surface area contributed by atoms with Gasteiger partial charge in [-0.15, -0.1) is 0 Å². The SMILES string of the molecule is Cc1ccc(C2=CN3C(=O)c4cc(C)c(OCCCOc5cc6c(cc5C)C(=O)N5C=C(c7ccc(NC(C)C)cc7)C[C@H]5C=N6)cc4N=C[C@@H]3C2)cc1. The van der Waals surface area contributed by atoms with Crippen LogP contribution in [0, 0.1) is 20.8 Å². The average Bonchev–Trinajstić information content (AvgIpc) is 3.73. The van der Waals surface area contributed by atoms with Crippen LogP contribution in [0.25, 0.3) is 11.1 Å². The van der Waals surface area contributed by atoms with Crippen molar-refractivity contribution in [3.05, 3.63) is 124 Å². The van der Waals surface area contributed by atoms with Gasteiger partial charge in [-0.3, -0.25) is 19.6 Å². The number of nitrogens with zero attached hydrogens (tertiary/aromatic N) is 4. The van der Waals surface area contributed by atoms with Crippen molar-refractivity contribution in [2.75, 3.05) is 18.5 Å². The highest BCUT2D eigenvalue weighted by Gasteiger charge is 2.34. The summed E-state index contributed by atoms with van der Waals surface area (Å²) in [7, 11) is 0. The number of rotatable bonds is 10. The van der Waals surface area contributed by atoms with Crippen LogP contribution in [-0.2, 0) is 0 Å². The number of aryl methyl sites for hydroxylation is 3. The van der Waals surface area contributed by atoms with Crippen molar-refractivity contribution < 1.29 is 19.1 Å². The number of carbonyl (C=O) groups is 2. The molecule has 0 bridgehead atoms. The van der Waals surface area contributed by atoms with E-state index in [2.05, 4.69) is 74.6 Å². The number of carbonyl (C=O) groups excluding carboxylic acids is 2. The number of benzene rings is 4. The van der Waals surface area contributed by atoms with Gasteiger partial charge in [-0.1, -0.05) is 42.0 Å². The van der Waals surface area contributed by atoms with Crippen LogP contribution < -0.4 is 14.8 Å². The number of aliphatic imine (C=N–C) groups is 2. The third-order valence-corrected chi connectivity index (χ3v) is 10.4. The van der Waals surface area contributed by atoms with Crippen LogP contribution in [0.15, 0.2) is 95.2 Å². The van der Waals surface area contributed by atoms with Crippen LogP contribution in [0.4, 0.5) is 17.1 Å². The molecule has 0 unspecified atom stereocenters. The Kier molecular flexibility index (Phi) is 9.40. The standard InChI is InChI=1S/C45H45N5O4/c1-27(2)48-35-13-11-32(12-14-35)34-20-37-24-47-41-22-43(30(5)18-39(41)45(52)50(37)26-34)54-16-6-15-53-42-21-40-38(17-29(42)4)44(51)49-25-33(19-36(49)23-46-40)31-9-7-28(3)8-10-31/h7-14,17-18,21-27,36-37,48H,6,15-16,19-20H2,1-5H3/t36-,37-/m0/s1. The summed E-state index contributed by atoms with van der Waals surface area (Å²) in [6.45, 7) is 11.1.